The van der Waals surface area contributed by atoms with Gasteiger partial charge < -0.3 is 153 Å². The Morgan fingerprint density at radius 1 is 0.405 bits per heavy atom. The molecule has 30 atom stereocenters. The standard InChI is InChI=1S/C45H73NO33/c1-5-6-20(50)66-11-18-33-22(52)27(57)40(72-18)75-32-14(7-47)68-39(26(56)21(32)51)77-36-19(12-67-45(46)62)73-43(30(60)25(36)55)79-42-29(59)24(54)34(16(70-42)9-63-3)76-41-28(58)23(53)35(17(71-41)10-65-13(2)49)78-44-31(61)38(64-4)37(74-33)15(8-48)69-44/h14-19,21-44,47-48,51-61H,5-12H2,1-4H3,(H2,46,62). The minimum absolute atomic E-state index is 0.0852. The number of amides is 1. The van der Waals surface area contributed by atoms with Gasteiger partial charge in [-0.15, -0.1) is 0 Å². The fraction of sp³-hybridized carbons (Fsp3) is 0.933. The quantitative estimate of drug-likeness (QED) is 0.0601. The molecule has 22 saturated heterocycles. The van der Waals surface area contributed by atoms with E-state index in [1.165, 1.54) is 7.11 Å². The molecule has 0 aliphatic carbocycles. The van der Waals surface area contributed by atoms with Crippen molar-refractivity contribution in [2.45, 2.75) is 211 Å². The van der Waals surface area contributed by atoms with Gasteiger partial charge in [0.25, 0.3) is 0 Å². The highest BCUT2D eigenvalue weighted by Crippen LogP contribution is 2.39. The Bertz CT molecular complexity index is 1950. The molecule has 79 heavy (non-hydrogen) atoms. The van der Waals surface area contributed by atoms with E-state index >= 15 is 0 Å². The Labute approximate surface area is 449 Å². The summed E-state index contributed by atoms with van der Waals surface area (Å²) in [5.74, 6) is -1.61. The van der Waals surface area contributed by atoms with Crippen molar-refractivity contribution < 1.29 is 161 Å². The normalized spacial score (nSPS) is 47.9. The predicted molar refractivity (Wildman–Crippen MR) is 242 cm³/mol. The predicted octanol–water partition coefficient (Wildman–Crippen LogP) is -9.72. The molecule has 15 N–H and O–H groups in total. The summed E-state index contributed by atoms with van der Waals surface area (Å²) in [5, 5.41) is 149. The van der Waals surface area contributed by atoms with Crippen LogP contribution in [0.25, 0.3) is 0 Å². The van der Waals surface area contributed by atoms with Gasteiger partial charge in [-0.1, -0.05) is 6.92 Å². The Kier molecular flexibility index (Phi) is 22.7. The minimum Gasteiger partial charge on any atom is -0.463 e. The average Bonchev–Trinajstić information content (AvgIpc) is 3.48. The largest absolute Gasteiger partial charge is 0.463 e. The van der Waals surface area contributed by atoms with Crippen LogP contribution in [-0.4, -0.2) is 323 Å². The van der Waals surface area contributed by atoms with Gasteiger partial charge in [0.15, 0.2) is 37.7 Å². The van der Waals surface area contributed by atoms with Gasteiger partial charge in [-0.05, 0) is 6.42 Å². The summed E-state index contributed by atoms with van der Waals surface area (Å²) < 4.78 is 97.5. The van der Waals surface area contributed by atoms with E-state index in [1.54, 1.807) is 6.92 Å². The number of rotatable bonds is 13. The molecule has 0 saturated carbocycles. The fourth-order valence-corrected chi connectivity index (χ4v) is 10.1. The van der Waals surface area contributed by atoms with Gasteiger partial charge in [-0.2, -0.15) is 0 Å². The summed E-state index contributed by atoms with van der Waals surface area (Å²) in [6, 6.07) is 0. The Morgan fingerprint density at radius 3 is 1.10 bits per heavy atom. The summed E-state index contributed by atoms with van der Waals surface area (Å²) in [6.45, 7) is -2.12. The zero-order valence-electron chi connectivity index (χ0n) is 43.0. The number of hydrogen-bond acceptors (Lipinski definition) is 33. The molecule has 0 aromatic rings. The molecular weight excluding hydrogens is 1080 g/mol. The van der Waals surface area contributed by atoms with E-state index < -0.39 is 242 Å². The molecule has 1 amide bonds. The number of hydrogen-bond donors (Lipinski definition) is 14. The first-order valence-corrected chi connectivity index (χ1v) is 25.4. The van der Waals surface area contributed by atoms with Crippen LogP contribution in [0.4, 0.5) is 4.79 Å². The van der Waals surface area contributed by atoms with E-state index in [1.807, 2.05) is 0 Å². The zero-order valence-corrected chi connectivity index (χ0v) is 43.0. The van der Waals surface area contributed by atoms with Crippen LogP contribution in [0.5, 0.6) is 0 Å². The number of ether oxygens (including phenoxy) is 17. The molecule has 456 valence electrons. The van der Waals surface area contributed by atoms with E-state index in [-0.39, 0.29) is 6.42 Å². The van der Waals surface area contributed by atoms with Gasteiger partial charge >= 0.3 is 18.0 Å². The molecule has 12 bridgehead atoms. The van der Waals surface area contributed by atoms with Gasteiger partial charge in [-0.3, -0.25) is 9.59 Å². The van der Waals surface area contributed by atoms with Gasteiger partial charge in [0.05, 0.1) is 19.8 Å². The molecule has 0 radical (unpaired) electrons. The SMILES string of the molecule is CCCC(=O)OCC1OC2OC3C(CO)OC(OC4C(COC(N)=O)OC(OC5OC(COC)C(OC6OC(COC(C)=O)C(OC7OC(CO)C(OC1C(O)C2O)C(OC)C7O)C(O)C6O)C(O)C5O)C(O)C4O)C(O)C3O. The summed E-state index contributed by atoms with van der Waals surface area (Å²) in [6.07, 6.45) is -59.1. The van der Waals surface area contributed by atoms with E-state index in [4.69, 9.17) is 86.3 Å². The zero-order chi connectivity index (χ0) is 57.7. The molecule has 0 aromatic carbocycles. The van der Waals surface area contributed by atoms with E-state index in [0.29, 0.717) is 6.42 Å². The van der Waals surface area contributed by atoms with Gasteiger partial charge in [0.1, 0.15) is 166 Å². The molecule has 22 heterocycles. The molecule has 34 heteroatoms. The Hall–Kier alpha value is -2.87. The molecule has 0 spiro atoms. The van der Waals surface area contributed by atoms with Gasteiger partial charge in [0.2, 0.25) is 0 Å². The van der Waals surface area contributed by atoms with E-state index in [2.05, 4.69) is 0 Å². The first-order chi connectivity index (χ1) is 37.6. The molecule has 0 aromatic heterocycles. The third-order valence-electron chi connectivity index (χ3n) is 14.2. The van der Waals surface area contributed by atoms with Crippen LogP contribution in [0.15, 0.2) is 0 Å². The summed E-state index contributed by atoms with van der Waals surface area (Å²) in [4.78, 5) is 36.6. The second-order valence-corrected chi connectivity index (χ2v) is 19.6. The maximum Gasteiger partial charge on any atom is 0.404 e. The lowest BCUT2D eigenvalue weighted by molar-refractivity contribution is -0.408. The number of esters is 2. The van der Waals surface area contributed by atoms with Crippen molar-refractivity contribution in [3.63, 3.8) is 0 Å². The number of methoxy groups -OCH3 is 2. The maximum atomic E-state index is 12.7. The molecule has 30 unspecified atom stereocenters. The van der Waals surface area contributed by atoms with Crippen molar-refractivity contribution in [2.24, 2.45) is 5.73 Å². The smallest absolute Gasteiger partial charge is 0.404 e. The highest BCUT2D eigenvalue weighted by atomic mass is 16.8. The fourth-order valence-electron chi connectivity index (χ4n) is 10.1. The van der Waals surface area contributed by atoms with Crippen LogP contribution < -0.4 is 5.73 Å². The number of aliphatic hydroxyl groups excluding tert-OH is 13. The molecule has 22 aliphatic rings. The highest BCUT2D eigenvalue weighted by Gasteiger charge is 2.59. The summed E-state index contributed by atoms with van der Waals surface area (Å²) in [7, 11) is 2.30. The molecular formula is C45H73NO33. The lowest BCUT2D eigenvalue weighted by atomic mass is 9.94. The van der Waals surface area contributed by atoms with Crippen molar-refractivity contribution in [3.05, 3.63) is 0 Å². The first kappa shape index (κ1) is 63.7. The number of primary amides is 1. The van der Waals surface area contributed by atoms with Crippen molar-refractivity contribution in [1.82, 2.24) is 0 Å². The second-order valence-electron chi connectivity index (χ2n) is 19.6. The average molecular weight is 1160 g/mol. The molecule has 22 rings (SSSR count). The summed E-state index contributed by atoms with van der Waals surface area (Å²) >= 11 is 0. The Morgan fingerprint density at radius 2 is 0.734 bits per heavy atom. The van der Waals surface area contributed by atoms with Crippen molar-refractivity contribution in [3.8, 4) is 0 Å². The third kappa shape index (κ3) is 14.2. The number of carbonyl (C=O) groups is 3. The monoisotopic (exact) mass is 1160 g/mol. The van der Waals surface area contributed by atoms with Crippen molar-refractivity contribution >= 4 is 18.0 Å². The molecule has 22 aliphatic heterocycles. The van der Waals surface area contributed by atoms with E-state index in [9.17, 15) is 80.8 Å². The van der Waals surface area contributed by atoms with E-state index in [0.717, 1.165) is 14.0 Å². The maximum absolute atomic E-state index is 12.7. The summed E-state index contributed by atoms with van der Waals surface area (Å²) in [5.41, 5.74) is 5.21. The van der Waals surface area contributed by atoms with Crippen molar-refractivity contribution in [1.29, 1.82) is 0 Å². The van der Waals surface area contributed by atoms with Crippen LogP contribution >= 0.6 is 0 Å². The van der Waals surface area contributed by atoms with Gasteiger partial charge in [0, 0.05) is 27.6 Å². The third-order valence-corrected chi connectivity index (χ3v) is 14.2. The number of carbonyl (C=O) groups excluding carboxylic acids is 3. The van der Waals surface area contributed by atoms with Crippen LogP contribution in [0.1, 0.15) is 26.7 Å². The van der Waals surface area contributed by atoms with Crippen molar-refractivity contribution in [2.75, 3.05) is 53.9 Å². The van der Waals surface area contributed by atoms with Crippen LogP contribution in [0.3, 0.4) is 0 Å². The minimum atomic E-state index is -2.21. The second kappa shape index (κ2) is 28.1. The lowest BCUT2D eigenvalue weighted by Gasteiger charge is -2.51. The Balaban J connectivity index is 1.26. The number of aliphatic hydroxyl groups is 13. The lowest BCUT2D eigenvalue weighted by Crippen LogP contribution is -2.69. The van der Waals surface area contributed by atoms with Crippen LogP contribution in [0.2, 0.25) is 0 Å². The highest BCUT2D eigenvalue weighted by molar-refractivity contribution is 5.69. The van der Waals surface area contributed by atoms with Crippen LogP contribution in [0, 0.1) is 0 Å². The topological polar surface area (TPSA) is 497 Å². The first-order valence-electron chi connectivity index (χ1n) is 25.4. The molecule has 34 nitrogen and oxygen atoms in total. The van der Waals surface area contributed by atoms with Gasteiger partial charge in [-0.25, -0.2) is 4.79 Å². The molecule has 22 fully saturated rings. The number of nitrogens with two attached hydrogens (primary N) is 1. The van der Waals surface area contributed by atoms with Crippen LogP contribution in [-0.2, 0) is 90.1 Å².